The summed E-state index contributed by atoms with van der Waals surface area (Å²) < 4.78 is 28.3. The summed E-state index contributed by atoms with van der Waals surface area (Å²) in [6, 6.07) is 4.98. The van der Waals surface area contributed by atoms with E-state index >= 15 is 0 Å². The molecule has 1 rings (SSSR count). The summed E-state index contributed by atoms with van der Waals surface area (Å²) in [7, 11) is 1.62. The normalized spacial score (nSPS) is 11.5. The molecular formula is C12H17ClO3S2. The van der Waals surface area contributed by atoms with Crippen molar-refractivity contribution in [3.05, 3.63) is 23.8 Å². The van der Waals surface area contributed by atoms with Crippen LogP contribution in [-0.4, -0.2) is 26.5 Å². The van der Waals surface area contributed by atoms with Crippen LogP contribution in [0.25, 0.3) is 0 Å². The smallest absolute Gasteiger partial charge is 0.264 e. The third-order valence-corrected chi connectivity index (χ3v) is 4.59. The van der Waals surface area contributed by atoms with E-state index in [9.17, 15) is 8.42 Å². The molecule has 102 valence electrons. The summed E-state index contributed by atoms with van der Waals surface area (Å²) in [5.41, 5.74) is 0.836. The Morgan fingerprint density at radius 2 is 2.11 bits per heavy atom. The Hall–Kier alpha value is -0.390. The SMILES string of the molecule is CCSCCCOc1ccc(C)cc1S(=O)(=O)Cl. The summed E-state index contributed by atoms with van der Waals surface area (Å²) in [5.74, 6) is 2.41. The molecule has 18 heavy (non-hydrogen) atoms. The Kier molecular flexibility index (Phi) is 6.32. The van der Waals surface area contributed by atoms with E-state index in [1.165, 1.54) is 6.07 Å². The lowest BCUT2D eigenvalue weighted by Gasteiger charge is -2.10. The Bertz CT molecular complexity index is 486. The van der Waals surface area contributed by atoms with Gasteiger partial charge in [-0.3, -0.25) is 0 Å². The summed E-state index contributed by atoms with van der Waals surface area (Å²) in [5, 5.41) is 0. The van der Waals surface area contributed by atoms with Crippen LogP contribution >= 0.6 is 22.4 Å². The van der Waals surface area contributed by atoms with Gasteiger partial charge < -0.3 is 4.74 Å². The molecule has 0 N–H and O–H groups in total. The molecule has 0 fully saturated rings. The van der Waals surface area contributed by atoms with Crippen molar-refractivity contribution >= 4 is 31.5 Å². The first-order valence-electron chi connectivity index (χ1n) is 5.71. The second kappa shape index (κ2) is 7.26. The van der Waals surface area contributed by atoms with E-state index < -0.39 is 9.05 Å². The molecule has 0 spiro atoms. The van der Waals surface area contributed by atoms with Crippen LogP contribution in [0.4, 0.5) is 0 Å². The van der Waals surface area contributed by atoms with Crippen LogP contribution in [0.3, 0.4) is 0 Å². The molecule has 0 saturated heterocycles. The van der Waals surface area contributed by atoms with Crippen LogP contribution in [0.1, 0.15) is 18.9 Å². The highest BCUT2D eigenvalue weighted by Gasteiger charge is 2.16. The van der Waals surface area contributed by atoms with Gasteiger partial charge in [0.1, 0.15) is 10.6 Å². The number of aryl methyl sites for hydroxylation is 1. The molecule has 0 saturated carbocycles. The van der Waals surface area contributed by atoms with Crippen molar-refractivity contribution in [2.24, 2.45) is 0 Å². The van der Waals surface area contributed by atoms with Crippen molar-refractivity contribution in [1.29, 1.82) is 0 Å². The van der Waals surface area contributed by atoms with Gasteiger partial charge in [-0.05, 0) is 42.5 Å². The molecule has 0 aliphatic carbocycles. The number of ether oxygens (including phenoxy) is 1. The first-order valence-corrected chi connectivity index (χ1v) is 9.17. The van der Waals surface area contributed by atoms with Crippen molar-refractivity contribution in [2.45, 2.75) is 25.2 Å². The van der Waals surface area contributed by atoms with Gasteiger partial charge in [-0.1, -0.05) is 13.0 Å². The van der Waals surface area contributed by atoms with Gasteiger partial charge in [0.25, 0.3) is 9.05 Å². The van der Waals surface area contributed by atoms with E-state index in [1.807, 2.05) is 24.8 Å². The number of hydrogen-bond acceptors (Lipinski definition) is 4. The third kappa shape index (κ3) is 5.08. The monoisotopic (exact) mass is 308 g/mol. The van der Waals surface area contributed by atoms with E-state index in [0.29, 0.717) is 12.4 Å². The molecule has 0 aliphatic heterocycles. The molecule has 0 unspecified atom stereocenters. The molecule has 0 amide bonds. The largest absolute Gasteiger partial charge is 0.492 e. The predicted molar refractivity (Wildman–Crippen MR) is 77.3 cm³/mol. The van der Waals surface area contributed by atoms with Gasteiger partial charge in [-0.2, -0.15) is 11.8 Å². The summed E-state index contributed by atoms with van der Waals surface area (Å²) in [6.45, 7) is 4.41. The van der Waals surface area contributed by atoms with Crippen LogP contribution in [0.15, 0.2) is 23.1 Å². The minimum absolute atomic E-state index is 0.0484. The van der Waals surface area contributed by atoms with Crippen LogP contribution in [-0.2, 0) is 9.05 Å². The highest BCUT2D eigenvalue weighted by Crippen LogP contribution is 2.28. The van der Waals surface area contributed by atoms with E-state index in [1.54, 1.807) is 6.07 Å². The zero-order chi connectivity index (χ0) is 13.6. The van der Waals surface area contributed by atoms with E-state index in [-0.39, 0.29) is 4.90 Å². The summed E-state index contributed by atoms with van der Waals surface area (Å²) in [4.78, 5) is 0.0484. The molecule has 6 heteroatoms. The van der Waals surface area contributed by atoms with E-state index in [2.05, 4.69) is 6.92 Å². The van der Waals surface area contributed by atoms with Crippen LogP contribution in [0, 0.1) is 6.92 Å². The van der Waals surface area contributed by atoms with Crippen LogP contribution in [0.2, 0.25) is 0 Å². The summed E-state index contributed by atoms with van der Waals surface area (Å²) in [6.07, 6.45) is 0.883. The third-order valence-electron chi connectivity index (χ3n) is 2.26. The average molecular weight is 309 g/mol. The predicted octanol–water partition coefficient (Wildman–Crippen LogP) is 3.44. The van der Waals surface area contributed by atoms with Gasteiger partial charge in [0.05, 0.1) is 6.61 Å². The number of halogens is 1. The minimum Gasteiger partial charge on any atom is -0.492 e. The Balaban J connectivity index is 2.71. The van der Waals surface area contributed by atoms with E-state index in [0.717, 1.165) is 23.5 Å². The lowest BCUT2D eigenvalue weighted by atomic mass is 10.2. The second-order valence-corrected chi connectivity index (χ2v) is 7.72. The van der Waals surface area contributed by atoms with Gasteiger partial charge in [0.2, 0.25) is 0 Å². The Morgan fingerprint density at radius 3 is 2.72 bits per heavy atom. The van der Waals surface area contributed by atoms with Gasteiger partial charge >= 0.3 is 0 Å². The molecule has 0 radical (unpaired) electrons. The van der Waals surface area contributed by atoms with Gasteiger partial charge in [0.15, 0.2) is 0 Å². The van der Waals surface area contributed by atoms with Crippen molar-refractivity contribution in [2.75, 3.05) is 18.1 Å². The van der Waals surface area contributed by atoms with Crippen molar-refractivity contribution in [3.8, 4) is 5.75 Å². The highest BCUT2D eigenvalue weighted by atomic mass is 35.7. The molecule has 1 aromatic carbocycles. The maximum Gasteiger partial charge on any atom is 0.264 e. The maximum atomic E-state index is 11.4. The fourth-order valence-corrected chi connectivity index (χ4v) is 3.08. The first-order chi connectivity index (χ1) is 8.45. The molecular weight excluding hydrogens is 292 g/mol. The van der Waals surface area contributed by atoms with Gasteiger partial charge in [0, 0.05) is 10.7 Å². The maximum absolute atomic E-state index is 11.4. The lowest BCUT2D eigenvalue weighted by Crippen LogP contribution is -2.03. The van der Waals surface area contributed by atoms with Gasteiger partial charge in [-0.15, -0.1) is 0 Å². The second-order valence-electron chi connectivity index (χ2n) is 3.79. The molecule has 0 atom stereocenters. The van der Waals surface area contributed by atoms with E-state index in [4.69, 9.17) is 15.4 Å². The summed E-state index contributed by atoms with van der Waals surface area (Å²) >= 11 is 1.83. The highest BCUT2D eigenvalue weighted by molar-refractivity contribution is 8.13. The molecule has 0 aromatic heterocycles. The molecule has 0 heterocycles. The van der Waals surface area contributed by atoms with Crippen LogP contribution in [0.5, 0.6) is 5.75 Å². The van der Waals surface area contributed by atoms with Crippen LogP contribution < -0.4 is 4.74 Å². The fraction of sp³-hybridized carbons (Fsp3) is 0.500. The molecule has 0 bridgehead atoms. The average Bonchev–Trinajstić information content (AvgIpc) is 2.29. The number of benzene rings is 1. The fourth-order valence-electron chi connectivity index (χ4n) is 1.41. The number of hydrogen-bond donors (Lipinski definition) is 0. The molecule has 1 aromatic rings. The standard InChI is InChI=1S/C12H17ClO3S2/c1-3-17-8-4-7-16-11-6-5-10(2)9-12(11)18(13,14)15/h5-6,9H,3-4,7-8H2,1-2H3. The van der Waals surface area contributed by atoms with Crippen molar-refractivity contribution in [1.82, 2.24) is 0 Å². The molecule has 0 aliphatic rings. The van der Waals surface area contributed by atoms with Crippen molar-refractivity contribution < 1.29 is 13.2 Å². The van der Waals surface area contributed by atoms with Gasteiger partial charge in [-0.25, -0.2) is 8.42 Å². The zero-order valence-electron chi connectivity index (χ0n) is 10.5. The minimum atomic E-state index is -3.76. The van der Waals surface area contributed by atoms with Crippen molar-refractivity contribution in [3.63, 3.8) is 0 Å². The Morgan fingerprint density at radius 1 is 1.39 bits per heavy atom. The molecule has 3 nitrogen and oxygen atoms in total. The lowest BCUT2D eigenvalue weighted by molar-refractivity contribution is 0.310. The topological polar surface area (TPSA) is 43.4 Å². The quantitative estimate of drug-likeness (QED) is 0.571. The first kappa shape index (κ1) is 15.7. The Labute approximate surface area is 117 Å². The number of rotatable bonds is 7. The number of thioether (sulfide) groups is 1. The zero-order valence-corrected chi connectivity index (χ0v) is 12.9.